The molecule has 0 aromatic rings. The van der Waals surface area contributed by atoms with Gasteiger partial charge in [0.05, 0.1) is 0 Å². The normalized spacial score (nSPS) is 9.38. The molecule has 146 valence electrons. The van der Waals surface area contributed by atoms with Crippen molar-refractivity contribution in [2.75, 3.05) is 0 Å². The molecule has 0 aromatic carbocycles. The van der Waals surface area contributed by atoms with Crippen LogP contribution in [0.3, 0.4) is 0 Å². The van der Waals surface area contributed by atoms with E-state index in [4.69, 9.17) is 0 Å². The van der Waals surface area contributed by atoms with Crippen LogP contribution in [0.15, 0.2) is 12.2 Å². The van der Waals surface area contributed by atoms with Gasteiger partial charge in [-0.3, -0.25) is 4.79 Å². The van der Waals surface area contributed by atoms with Crippen LogP contribution in [-0.4, -0.2) is 18.4 Å². The number of hydrogen-bond acceptors (Lipinski definition) is 3. The van der Waals surface area contributed by atoms with Crippen molar-refractivity contribution in [3.63, 3.8) is 0 Å². The first kappa shape index (κ1) is 34.2. The summed E-state index contributed by atoms with van der Waals surface area (Å²) >= 11 is 0. The molecule has 3 heteroatoms. The van der Waals surface area contributed by atoms with E-state index in [0.717, 1.165) is 19.0 Å². The standard InChI is InChI=1S/C7H14O.C4H10.C4H8.2C3H6O/c1-4-6(3)7(8)5-2;2*1-3-4-2;2*1-2-3-4/h6H,4-5H2,1-3H3;3-4H2,1-2H3;3-4H,1-2H3;2*3H,2H2,1H3/b;;4-3+;;. The van der Waals surface area contributed by atoms with Crippen LogP contribution in [0.5, 0.6) is 0 Å². The number of carbonyl (C=O) groups is 3. The van der Waals surface area contributed by atoms with Crippen molar-refractivity contribution in [1.82, 2.24) is 0 Å². The Morgan fingerprint density at radius 2 is 1.08 bits per heavy atom. The first-order valence-corrected chi connectivity index (χ1v) is 9.35. The van der Waals surface area contributed by atoms with Crippen LogP contribution in [0.25, 0.3) is 0 Å². The molecule has 0 saturated heterocycles. The lowest BCUT2D eigenvalue weighted by molar-refractivity contribution is -0.122. The number of hydrogen-bond donors (Lipinski definition) is 0. The van der Waals surface area contributed by atoms with Gasteiger partial charge in [-0.2, -0.15) is 0 Å². The molecular weight excluding hydrogens is 300 g/mol. The monoisotopic (exact) mass is 344 g/mol. The molecule has 1 unspecified atom stereocenters. The van der Waals surface area contributed by atoms with Crippen LogP contribution in [0, 0.1) is 5.92 Å². The molecule has 24 heavy (non-hydrogen) atoms. The maximum atomic E-state index is 10.7. The fourth-order valence-corrected chi connectivity index (χ4v) is 0.576. The molecule has 0 spiro atoms. The summed E-state index contributed by atoms with van der Waals surface area (Å²) in [4.78, 5) is 29.1. The van der Waals surface area contributed by atoms with Gasteiger partial charge in [-0.05, 0) is 20.3 Å². The third-order valence-electron chi connectivity index (χ3n) is 2.68. The largest absolute Gasteiger partial charge is 0.303 e. The molecule has 0 heterocycles. The summed E-state index contributed by atoms with van der Waals surface area (Å²) in [6.45, 7) is 17.9. The highest BCUT2D eigenvalue weighted by Gasteiger charge is 2.05. The molecule has 1 atom stereocenters. The van der Waals surface area contributed by atoms with Crippen molar-refractivity contribution in [2.24, 2.45) is 5.92 Å². The number of aldehydes is 2. The number of rotatable bonds is 6. The maximum absolute atomic E-state index is 10.7. The summed E-state index contributed by atoms with van der Waals surface area (Å²) in [6.07, 6.45) is 11.3. The van der Waals surface area contributed by atoms with Gasteiger partial charge in [-0.25, -0.2) is 0 Å². The molecular formula is C21H44O3. The lowest BCUT2D eigenvalue weighted by Crippen LogP contribution is -2.06. The van der Waals surface area contributed by atoms with Gasteiger partial charge in [0, 0.05) is 25.2 Å². The highest BCUT2D eigenvalue weighted by atomic mass is 16.1. The average molecular weight is 345 g/mol. The average Bonchev–Trinajstić information content (AvgIpc) is 2.67. The third kappa shape index (κ3) is 70.0. The van der Waals surface area contributed by atoms with Crippen molar-refractivity contribution < 1.29 is 14.4 Å². The van der Waals surface area contributed by atoms with Crippen molar-refractivity contribution in [2.45, 2.75) is 101 Å². The molecule has 0 N–H and O–H groups in total. The van der Waals surface area contributed by atoms with Gasteiger partial charge in [0.2, 0.25) is 0 Å². The second kappa shape index (κ2) is 43.0. The van der Waals surface area contributed by atoms with Gasteiger partial charge < -0.3 is 9.59 Å². The van der Waals surface area contributed by atoms with Crippen LogP contribution >= 0.6 is 0 Å². The zero-order valence-electron chi connectivity index (χ0n) is 17.9. The summed E-state index contributed by atoms with van der Waals surface area (Å²) in [5, 5.41) is 0. The van der Waals surface area contributed by atoms with Gasteiger partial charge in [-0.15, -0.1) is 0 Å². The molecule has 0 bridgehead atoms. The van der Waals surface area contributed by atoms with Gasteiger partial charge in [-0.1, -0.05) is 73.5 Å². The van der Waals surface area contributed by atoms with Crippen molar-refractivity contribution in [3.05, 3.63) is 12.2 Å². The molecule has 0 fully saturated rings. The van der Waals surface area contributed by atoms with Crippen molar-refractivity contribution in [1.29, 1.82) is 0 Å². The third-order valence-corrected chi connectivity index (χ3v) is 2.68. The molecule has 0 amide bonds. The lowest BCUT2D eigenvalue weighted by Gasteiger charge is -2.02. The van der Waals surface area contributed by atoms with Gasteiger partial charge >= 0.3 is 0 Å². The van der Waals surface area contributed by atoms with E-state index in [2.05, 4.69) is 13.8 Å². The Kier molecular flexibility index (Phi) is 61.3. The molecule has 0 aliphatic carbocycles. The number of ketones is 1. The number of unbranched alkanes of at least 4 members (excludes halogenated alkanes) is 1. The number of allylic oxidation sites excluding steroid dienone is 2. The Bertz CT molecular complexity index is 231. The summed E-state index contributed by atoms with van der Waals surface area (Å²) in [5.74, 6) is 0.660. The maximum Gasteiger partial charge on any atom is 0.135 e. The van der Waals surface area contributed by atoms with E-state index in [-0.39, 0.29) is 5.92 Å². The van der Waals surface area contributed by atoms with Gasteiger partial charge in [0.25, 0.3) is 0 Å². The van der Waals surface area contributed by atoms with E-state index in [9.17, 15) is 14.4 Å². The van der Waals surface area contributed by atoms with E-state index in [1.165, 1.54) is 12.8 Å². The topological polar surface area (TPSA) is 51.2 Å². The Morgan fingerprint density at radius 3 is 1.12 bits per heavy atom. The molecule has 0 aliphatic rings. The summed E-state index contributed by atoms with van der Waals surface area (Å²) in [5.41, 5.74) is 0. The van der Waals surface area contributed by atoms with Crippen LogP contribution < -0.4 is 0 Å². The quantitative estimate of drug-likeness (QED) is 0.403. The molecule has 0 rings (SSSR count). The van der Waals surface area contributed by atoms with Crippen LogP contribution in [0.4, 0.5) is 0 Å². The second-order valence-electron chi connectivity index (χ2n) is 4.95. The smallest absolute Gasteiger partial charge is 0.135 e. The Hall–Kier alpha value is -1.25. The summed E-state index contributed by atoms with van der Waals surface area (Å²) < 4.78 is 0. The molecule has 0 aliphatic heterocycles. The molecule has 3 nitrogen and oxygen atoms in total. The van der Waals surface area contributed by atoms with Gasteiger partial charge in [0.15, 0.2) is 0 Å². The number of Topliss-reactive ketones (excluding diaryl/α,β-unsaturated/α-hetero) is 1. The summed E-state index contributed by atoms with van der Waals surface area (Å²) in [7, 11) is 0. The lowest BCUT2D eigenvalue weighted by atomic mass is 10.0. The van der Waals surface area contributed by atoms with E-state index in [1.807, 2.05) is 60.6 Å². The highest BCUT2D eigenvalue weighted by molar-refractivity contribution is 5.80. The van der Waals surface area contributed by atoms with E-state index in [0.29, 0.717) is 25.0 Å². The van der Waals surface area contributed by atoms with Crippen LogP contribution in [0.2, 0.25) is 0 Å². The van der Waals surface area contributed by atoms with E-state index in [1.54, 1.807) is 0 Å². The van der Waals surface area contributed by atoms with Crippen LogP contribution in [-0.2, 0) is 14.4 Å². The minimum absolute atomic E-state index is 0.278. The predicted octanol–water partition coefficient (Wildman–Crippen LogP) is 6.59. The second-order valence-corrected chi connectivity index (χ2v) is 4.95. The van der Waals surface area contributed by atoms with E-state index >= 15 is 0 Å². The van der Waals surface area contributed by atoms with E-state index < -0.39 is 0 Å². The first-order valence-electron chi connectivity index (χ1n) is 9.35. The molecule has 0 radical (unpaired) electrons. The minimum Gasteiger partial charge on any atom is -0.303 e. The SMILES string of the molecule is C/C=C/C.CCC(=O)C(C)CC.CCC=O.CCC=O.CCCC. The minimum atomic E-state index is 0.278. The highest BCUT2D eigenvalue weighted by Crippen LogP contribution is 2.03. The molecule has 0 aromatic heterocycles. The number of carbonyl (C=O) groups excluding carboxylic acids is 3. The van der Waals surface area contributed by atoms with Gasteiger partial charge in [0.1, 0.15) is 18.4 Å². The fraction of sp³-hybridized carbons (Fsp3) is 0.762. The Balaban J connectivity index is -0.0000000657. The Labute approximate surface area is 152 Å². The zero-order valence-corrected chi connectivity index (χ0v) is 17.9. The van der Waals surface area contributed by atoms with Crippen molar-refractivity contribution in [3.8, 4) is 0 Å². The fourth-order valence-electron chi connectivity index (χ4n) is 0.576. The zero-order chi connectivity index (χ0) is 20.2. The summed E-state index contributed by atoms with van der Waals surface area (Å²) in [6, 6.07) is 0. The van der Waals surface area contributed by atoms with Crippen LogP contribution in [0.1, 0.15) is 101 Å². The molecule has 0 saturated carbocycles. The predicted molar refractivity (Wildman–Crippen MR) is 109 cm³/mol. The van der Waals surface area contributed by atoms with Crippen molar-refractivity contribution >= 4 is 18.4 Å². The Morgan fingerprint density at radius 1 is 0.792 bits per heavy atom. The first-order chi connectivity index (χ1) is 11.4.